The van der Waals surface area contributed by atoms with E-state index in [1.807, 2.05) is 0 Å². The lowest BCUT2D eigenvalue weighted by Crippen LogP contribution is -2.60. The first kappa shape index (κ1) is 24.8. The molecular formula is C32H45N5O2. The Kier molecular flexibility index (Phi) is 6.08. The van der Waals surface area contributed by atoms with E-state index >= 15 is 0 Å². The van der Waals surface area contributed by atoms with E-state index in [0.717, 1.165) is 68.1 Å². The molecule has 7 nitrogen and oxygen atoms in total. The number of piperazine rings is 1. The molecule has 4 heterocycles. The van der Waals surface area contributed by atoms with Crippen molar-refractivity contribution in [3.63, 3.8) is 0 Å². The average molecular weight is 532 g/mol. The Labute approximate surface area is 232 Å². The fourth-order valence-corrected chi connectivity index (χ4v) is 10.2. The van der Waals surface area contributed by atoms with Gasteiger partial charge in [0.2, 0.25) is 0 Å². The number of hydrogen-bond donors (Lipinski definition) is 1. The van der Waals surface area contributed by atoms with Crippen molar-refractivity contribution in [2.45, 2.75) is 101 Å². The molecule has 0 radical (unpaired) electrons. The summed E-state index contributed by atoms with van der Waals surface area (Å²) in [5.41, 5.74) is 2.90. The number of aromatic nitrogens is 2. The first-order valence-corrected chi connectivity index (χ1v) is 16.0. The van der Waals surface area contributed by atoms with E-state index < -0.39 is 5.97 Å². The molecule has 8 rings (SSSR count). The Balaban J connectivity index is 1.06. The normalized spacial score (nSPS) is 39.0. The standard InChI is InChI=1S/C32H45N5O2/c38-31(39)21-35-12-10-34(11-13-35)20-30-33-28-6-1-2-7-29(28)36(30)27-17-25-9-8-24-18-32(24,19-27)37(25)26-15-22-4-3-5-23(14-22)16-26/h1-2,6-7,22-27H,3-5,8-21H2,(H,38,39)/t22-,23?,24?,25-,26?,27+,32?/m1/s1. The molecule has 7 heteroatoms. The summed E-state index contributed by atoms with van der Waals surface area (Å²) in [5.74, 6) is 3.40. The maximum Gasteiger partial charge on any atom is 0.317 e. The molecular weight excluding hydrogens is 486 g/mol. The van der Waals surface area contributed by atoms with Crippen molar-refractivity contribution in [1.82, 2.24) is 24.3 Å². The van der Waals surface area contributed by atoms with Crippen molar-refractivity contribution in [3.8, 4) is 0 Å². The van der Waals surface area contributed by atoms with Gasteiger partial charge in [-0.3, -0.25) is 19.5 Å². The van der Waals surface area contributed by atoms with Gasteiger partial charge in [-0.1, -0.05) is 31.4 Å². The van der Waals surface area contributed by atoms with Crippen LogP contribution in [0.3, 0.4) is 0 Å². The van der Waals surface area contributed by atoms with Gasteiger partial charge in [-0.15, -0.1) is 0 Å². The molecule has 2 aromatic rings. The first-order chi connectivity index (χ1) is 19.1. The van der Waals surface area contributed by atoms with Crippen molar-refractivity contribution < 1.29 is 9.90 Å². The Morgan fingerprint density at radius 3 is 2.44 bits per heavy atom. The topological polar surface area (TPSA) is 64.8 Å². The third-order valence-electron chi connectivity index (χ3n) is 11.8. The molecule has 1 spiro atoms. The van der Waals surface area contributed by atoms with Crippen LogP contribution in [0.5, 0.6) is 0 Å². The number of nitrogens with zero attached hydrogens (tertiary/aromatic N) is 5. The van der Waals surface area contributed by atoms with E-state index in [0.29, 0.717) is 11.6 Å². The number of carbonyl (C=O) groups is 1. The number of fused-ring (bicyclic) bond motifs is 4. The fraction of sp³-hybridized carbons (Fsp3) is 0.750. The minimum atomic E-state index is -0.726. The zero-order valence-electron chi connectivity index (χ0n) is 23.4. The highest BCUT2D eigenvalue weighted by Crippen LogP contribution is 2.65. The minimum Gasteiger partial charge on any atom is -0.480 e. The fourth-order valence-electron chi connectivity index (χ4n) is 10.2. The van der Waals surface area contributed by atoms with Crippen LogP contribution in [0.25, 0.3) is 11.0 Å². The van der Waals surface area contributed by atoms with Crippen molar-refractivity contribution >= 4 is 17.0 Å². The number of imidazole rings is 1. The van der Waals surface area contributed by atoms with Gasteiger partial charge in [-0.05, 0) is 81.3 Å². The summed E-state index contributed by atoms with van der Waals surface area (Å²) in [5, 5.41) is 9.19. The van der Waals surface area contributed by atoms with Gasteiger partial charge in [-0.25, -0.2) is 4.98 Å². The highest BCUT2D eigenvalue weighted by atomic mass is 16.4. The number of hydrogen-bond acceptors (Lipinski definition) is 5. The number of piperidine rings is 2. The highest BCUT2D eigenvalue weighted by Gasteiger charge is 2.66. The second kappa shape index (κ2) is 9.56. The SMILES string of the molecule is O=C(O)CN1CCN(Cc2nc3ccccc3n2[C@H]2C[C@H]3CCC4CC4(C2)N3C2CC3CCC[C@H](C3)C2)CC1. The van der Waals surface area contributed by atoms with Crippen LogP contribution in [0.15, 0.2) is 24.3 Å². The number of aliphatic carboxylic acids is 1. The van der Waals surface area contributed by atoms with Gasteiger partial charge in [0.05, 0.1) is 24.1 Å². The van der Waals surface area contributed by atoms with Crippen LogP contribution in [-0.4, -0.2) is 85.7 Å². The van der Waals surface area contributed by atoms with E-state index in [1.165, 1.54) is 82.0 Å². The highest BCUT2D eigenvalue weighted by molar-refractivity contribution is 5.76. The lowest BCUT2D eigenvalue weighted by Gasteiger charge is -2.56. The zero-order valence-corrected chi connectivity index (χ0v) is 23.4. The predicted octanol–water partition coefficient (Wildman–Crippen LogP) is 4.77. The summed E-state index contributed by atoms with van der Waals surface area (Å²) in [6.07, 6.45) is 15.8. The monoisotopic (exact) mass is 531 g/mol. The predicted molar refractivity (Wildman–Crippen MR) is 152 cm³/mol. The van der Waals surface area contributed by atoms with Crippen molar-refractivity contribution in [1.29, 1.82) is 0 Å². The molecule has 6 aliphatic rings. The molecule has 3 saturated carbocycles. The van der Waals surface area contributed by atoms with Crippen molar-refractivity contribution in [2.75, 3.05) is 32.7 Å². The van der Waals surface area contributed by atoms with Gasteiger partial charge >= 0.3 is 5.97 Å². The van der Waals surface area contributed by atoms with E-state index in [4.69, 9.17) is 4.98 Å². The van der Waals surface area contributed by atoms with Gasteiger partial charge in [0.15, 0.2) is 0 Å². The Bertz CT molecular complexity index is 1220. The van der Waals surface area contributed by atoms with Crippen LogP contribution in [0.1, 0.15) is 82.5 Å². The molecule has 7 atom stereocenters. The van der Waals surface area contributed by atoms with Crippen LogP contribution in [0.2, 0.25) is 0 Å². The van der Waals surface area contributed by atoms with E-state index in [-0.39, 0.29) is 6.54 Å². The third-order valence-corrected chi connectivity index (χ3v) is 11.8. The second-order valence-corrected chi connectivity index (χ2v) is 14.1. The molecule has 3 aliphatic heterocycles. The minimum absolute atomic E-state index is 0.151. The molecule has 3 saturated heterocycles. The van der Waals surface area contributed by atoms with Crippen LogP contribution in [-0.2, 0) is 11.3 Å². The number of rotatable bonds is 6. The maximum atomic E-state index is 11.2. The van der Waals surface area contributed by atoms with E-state index in [9.17, 15) is 9.90 Å². The quantitative estimate of drug-likeness (QED) is 0.580. The zero-order chi connectivity index (χ0) is 26.1. The largest absolute Gasteiger partial charge is 0.480 e. The van der Waals surface area contributed by atoms with Crippen LogP contribution < -0.4 is 0 Å². The molecule has 39 heavy (non-hydrogen) atoms. The lowest BCUT2D eigenvalue weighted by molar-refractivity contribution is -0.138. The Morgan fingerprint density at radius 1 is 0.872 bits per heavy atom. The summed E-state index contributed by atoms with van der Waals surface area (Å²) < 4.78 is 2.67. The third kappa shape index (κ3) is 4.34. The van der Waals surface area contributed by atoms with Crippen molar-refractivity contribution in [3.05, 3.63) is 30.1 Å². The van der Waals surface area contributed by atoms with Crippen molar-refractivity contribution in [2.24, 2.45) is 17.8 Å². The van der Waals surface area contributed by atoms with E-state index in [1.54, 1.807) is 0 Å². The summed E-state index contributed by atoms with van der Waals surface area (Å²) in [6, 6.07) is 10.9. The molecule has 1 aromatic heterocycles. The summed E-state index contributed by atoms with van der Waals surface area (Å²) in [6.45, 7) is 4.48. The molecule has 1 N–H and O–H groups in total. The maximum absolute atomic E-state index is 11.2. The average Bonchev–Trinajstić information content (AvgIpc) is 3.48. The number of para-hydroxylation sites is 2. The Morgan fingerprint density at radius 2 is 1.64 bits per heavy atom. The first-order valence-electron chi connectivity index (χ1n) is 16.0. The summed E-state index contributed by atoms with van der Waals surface area (Å²) in [7, 11) is 0. The van der Waals surface area contributed by atoms with Crippen LogP contribution in [0, 0.1) is 17.8 Å². The number of carboxylic acid groups (broad SMARTS) is 1. The molecule has 4 unspecified atom stereocenters. The summed E-state index contributed by atoms with van der Waals surface area (Å²) in [4.78, 5) is 24.1. The lowest BCUT2D eigenvalue weighted by atomic mass is 9.68. The second-order valence-electron chi connectivity index (χ2n) is 14.1. The molecule has 6 fully saturated rings. The molecule has 3 aliphatic carbocycles. The molecule has 0 amide bonds. The Hall–Kier alpha value is -1.96. The molecule has 210 valence electrons. The van der Waals surface area contributed by atoms with Crippen LogP contribution in [0.4, 0.5) is 0 Å². The van der Waals surface area contributed by atoms with Gasteiger partial charge in [0, 0.05) is 49.8 Å². The smallest absolute Gasteiger partial charge is 0.317 e. The van der Waals surface area contributed by atoms with Crippen LogP contribution >= 0.6 is 0 Å². The molecule has 4 bridgehead atoms. The van der Waals surface area contributed by atoms with Gasteiger partial charge in [0.1, 0.15) is 5.82 Å². The summed E-state index contributed by atoms with van der Waals surface area (Å²) >= 11 is 0. The van der Waals surface area contributed by atoms with Gasteiger partial charge in [0.25, 0.3) is 0 Å². The van der Waals surface area contributed by atoms with Gasteiger partial charge in [-0.2, -0.15) is 0 Å². The van der Waals surface area contributed by atoms with Gasteiger partial charge < -0.3 is 9.67 Å². The number of carboxylic acids is 1. The molecule has 1 aromatic carbocycles. The van der Waals surface area contributed by atoms with E-state index in [2.05, 4.69) is 43.5 Å². The number of benzene rings is 1.